The lowest BCUT2D eigenvalue weighted by atomic mass is 9.92. The second-order valence-corrected chi connectivity index (χ2v) is 14.8. The summed E-state index contributed by atoms with van der Waals surface area (Å²) in [5.74, 6) is -0.804. The van der Waals surface area contributed by atoms with Crippen LogP contribution < -0.4 is 9.62 Å². The highest BCUT2D eigenvalue weighted by Gasteiger charge is 2.32. The van der Waals surface area contributed by atoms with Crippen molar-refractivity contribution in [3.63, 3.8) is 0 Å². The number of fused-ring (bicyclic) bond motifs is 2. The first kappa shape index (κ1) is 35.2. The highest BCUT2D eigenvalue weighted by Crippen LogP contribution is 2.34. The van der Waals surface area contributed by atoms with E-state index in [9.17, 15) is 23.1 Å². The van der Waals surface area contributed by atoms with Gasteiger partial charge in [0.2, 0.25) is 5.95 Å². The Morgan fingerprint density at radius 2 is 1.64 bits per heavy atom. The molecule has 2 heterocycles. The summed E-state index contributed by atoms with van der Waals surface area (Å²) in [5.41, 5.74) is 3.01. The predicted molar refractivity (Wildman–Crippen MR) is 197 cm³/mol. The molecular formula is C38H38BrN5O5S. The highest BCUT2D eigenvalue weighted by atomic mass is 79.9. The van der Waals surface area contributed by atoms with Crippen molar-refractivity contribution < 1.29 is 23.1 Å². The van der Waals surface area contributed by atoms with Crippen molar-refractivity contribution in [3.8, 4) is 11.3 Å². The molecule has 1 aromatic heterocycles. The normalized spacial score (nSPS) is 14.3. The Morgan fingerprint density at radius 1 is 0.940 bits per heavy atom. The average molecular weight is 757 g/mol. The fourth-order valence-corrected chi connectivity index (χ4v) is 7.75. The summed E-state index contributed by atoms with van der Waals surface area (Å²) in [6.07, 6.45) is 3.89. The SMILES string of the molecule is CCCN(CCC)c1ncc(Br)c(-c2ccc(C(=O)NS(=O)(=O)c3ccc4ccccc4c3)cc2C(=O)N2Cc3ccccc3C[C@H]2CO)n1. The van der Waals surface area contributed by atoms with Gasteiger partial charge in [-0.25, -0.2) is 23.1 Å². The van der Waals surface area contributed by atoms with Crippen LogP contribution in [-0.4, -0.2) is 65.9 Å². The van der Waals surface area contributed by atoms with E-state index in [0.29, 0.717) is 33.5 Å². The van der Waals surface area contributed by atoms with Crippen molar-refractivity contribution in [1.29, 1.82) is 0 Å². The number of nitrogens with zero attached hydrogens (tertiary/aromatic N) is 4. The van der Waals surface area contributed by atoms with E-state index >= 15 is 0 Å². The molecule has 0 spiro atoms. The van der Waals surface area contributed by atoms with Crippen LogP contribution in [0.1, 0.15) is 58.5 Å². The second kappa shape index (κ2) is 15.1. The number of nitrogens with one attached hydrogen (secondary N) is 1. The zero-order valence-electron chi connectivity index (χ0n) is 27.8. The maximum atomic E-state index is 14.6. The smallest absolute Gasteiger partial charge is 0.265 e. The van der Waals surface area contributed by atoms with Gasteiger partial charge in [-0.2, -0.15) is 0 Å². The number of carbonyl (C=O) groups is 2. The number of aromatic nitrogens is 2. The van der Waals surface area contributed by atoms with Gasteiger partial charge in [-0.05, 0) is 81.4 Å². The number of benzene rings is 4. The predicted octanol–water partition coefficient (Wildman–Crippen LogP) is 6.36. The zero-order chi connectivity index (χ0) is 35.4. The lowest BCUT2D eigenvalue weighted by Gasteiger charge is -2.36. The number of rotatable bonds is 11. The van der Waals surface area contributed by atoms with E-state index in [2.05, 4.69) is 44.4 Å². The van der Waals surface area contributed by atoms with Crippen molar-refractivity contribution in [2.24, 2.45) is 0 Å². The van der Waals surface area contributed by atoms with Crippen LogP contribution in [0, 0.1) is 0 Å². The Labute approximate surface area is 300 Å². The number of hydrogen-bond donors (Lipinski definition) is 2. The lowest BCUT2D eigenvalue weighted by molar-refractivity contribution is 0.0545. The first-order chi connectivity index (χ1) is 24.1. The molecule has 1 aliphatic heterocycles. The van der Waals surface area contributed by atoms with Gasteiger partial charge in [-0.3, -0.25) is 9.59 Å². The highest BCUT2D eigenvalue weighted by molar-refractivity contribution is 9.10. The molecule has 2 amide bonds. The monoisotopic (exact) mass is 755 g/mol. The molecule has 0 bridgehead atoms. The molecule has 1 aliphatic rings. The summed E-state index contributed by atoms with van der Waals surface area (Å²) >= 11 is 3.58. The Kier molecular flexibility index (Phi) is 10.6. The maximum absolute atomic E-state index is 14.6. The standard InChI is InChI=1S/C38H38BrN5O5S/c1-3-17-43(18-4-2)38-40-22-34(39)35(41-38)32-16-14-28(36(46)42-50(48,49)31-15-13-25-9-5-6-11-27(25)20-31)21-33(32)37(47)44-23-29-12-8-7-10-26(29)19-30(44)24-45/h5-16,20-22,30,45H,3-4,17-19,23-24H2,1-2H3,(H,42,46)/t30-/m0/s1. The molecule has 12 heteroatoms. The Bertz CT molecular complexity index is 2170. The van der Waals surface area contributed by atoms with Crippen molar-refractivity contribution in [2.45, 2.75) is 50.6 Å². The first-order valence-electron chi connectivity index (χ1n) is 16.6. The summed E-state index contributed by atoms with van der Waals surface area (Å²) in [6.45, 7) is 5.65. The fraction of sp³-hybridized carbons (Fsp3) is 0.263. The van der Waals surface area contributed by atoms with E-state index in [4.69, 9.17) is 4.98 Å². The van der Waals surface area contributed by atoms with Crippen LogP contribution in [-0.2, 0) is 23.0 Å². The largest absolute Gasteiger partial charge is 0.394 e. The van der Waals surface area contributed by atoms with Gasteiger partial charge in [-0.1, -0.05) is 74.5 Å². The van der Waals surface area contributed by atoms with Crippen LogP contribution >= 0.6 is 15.9 Å². The van der Waals surface area contributed by atoms with Gasteiger partial charge < -0.3 is 14.9 Å². The van der Waals surface area contributed by atoms with Crippen LogP contribution in [0.25, 0.3) is 22.0 Å². The van der Waals surface area contributed by atoms with Gasteiger partial charge in [0.15, 0.2) is 0 Å². The molecule has 5 aromatic rings. The Hall–Kier alpha value is -4.65. The van der Waals surface area contributed by atoms with Gasteiger partial charge in [0, 0.05) is 42.5 Å². The summed E-state index contributed by atoms with van der Waals surface area (Å²) < 4.78 is 29.5. The zero-order valence-corrected chi connectivity index (χ0v) is 30.2. The number of aliphatic hydroxyl groups is 1. The lowest BCUT2D eigenvalue weighted by Crippen LogP contribution is -2.46. The molecule has 50 heavy (non-hydrogen) atoms. The third-order valence-electron chi connectivity index (χ3n) is 8.85. The fourth-order valence-electron chi connectivity index (χ4n) is 6.34. The van der Waals surface area contributed by atoms with Crippen molar-refractivity contribution in [1.82, 2.24) is 19.6 Å². The summed E-state index contributed by atoms with van der Waals surface area (Å²) in [5, 5.41) is 12.0. The minimum atomic E-state index is -4.26. The molecule has 0 aliphatic carbocycles. The number of amides is 2. The number of anilines is 1. The summed E-state index contributed by atoms with van der Waals surface area (Å²) in [7, 11) is -4.26. The minimum Gasteiger partial charge on any atom is -0.394 e. The van der Waals surface area contributed by atoms with Gasteiger partial charge >= 0.3 is 0 Å². The molecule has 4 aromatic carbocycles. The molecule has 0 saturated carbocycles. The topological polar surface area (TPSA) is 133 Å². The molecule has 0 fully saturated rings. The third-order valence-corrected chi connectivity index (χ3v) is 10.8. The third kappa shape index (κ3) is 7.28. The van der Waals surface area contributed by atoms with Crippen LogP contribution in [0.4, 0.5) is 5.95 Å². The van der Waals surface area contributed by atoms with E-state index < -0.39 is 27.9 Å². The molecular weight excluding hydrogens is 718 g/mol. The summed E-state index contributed by atoms with van der Waals surface area (Å²) in [4.78, 5) is 41.3. The molecule has 2 N–H and O–H groups in total. The molecule has 10 nitrogen and oxygen atoms in total. The first-order valence-corrected chi connectivity index (χ1v) is 18.9. The molecule has 1 atom stereocenters. The van der Waals surface area contributed by atoms with Crippen LogP contribution in [0.15, 0.2) is 100 Å². The maximum Gasteiger partial charge on any atom is 0.265 e. The van der Waals surface area contributed by atoms with Crippen molar-refractivity contribution in [3.05, 3.63) is 118 Å². The molecule has 258 valence electrons. The van der Waals surface area contributed by atoms with Crippen LogP contribution in [0.2, 0.25) is 0 Å². The molecule has 0 unspecified atom stereocenters. The van der Waals surface area contributed by atoms with E-state index in [1.807, 2.05) is 42.5 Å². The van der Waals surface area contributed by atoms with E-state index in [-0.39, 0.29) is 29.2 Å². The number of hydrogen-bond acceptors (Lipinski definition) is 8. The number of aliphatic hydroxyl groups excluding tert-OH is 1. The van der Waals surface area contributed by atoms with Gasteiger partial charge in [0.25, 0.3) is 21.8 Å². The Balaban J connectivity index is 1.42. The van der Waals surface area contributed by atoms with Gasteiger partial charge in [0.1, 0.15) is 0 Å². The van der Waals surface area contributed by atoms with E-state index in [0.717, 1.165) is 42.4 Å². The minimum absolute atomic E-state index is 0.0246. The number of sulfonamides is 1. The molecule has 0 radical (unpaired) electrons. The average Bonchev–Trinajstić information content (AvgIpc) is 3.13. The van der Waals surface area contributed by atoms with Crippen LogP contribution in [0.5, 0.6) is 0 Å². The quantitative estimate of drug-likeness (QED) is 0.159. The van der Waals surface area contributed by atoms with E-state index in [1.165, 1.54) is 24.3 Å². The van der Waals surface area contributed by atoms with Crippen molar-refractivity contribution in [2.75, 3.05) is 24.6 Å². The van der Waals surface area contributed by atoms with Crippen molar-refractivity contribution >= 4 is 54.5 Å². The van der Waals surface area contributed by atoms with Crippen LogP contribution in [0.3, 0.4) is 0 Å². The molecule has 0 saturated heterocycles. The number of halogens is 1. The summed E-state index contributed by atoms with van der Waals surface area (Å²) in [6, 6.07) is 23.8. The number of carbonyl (C=O) groups excluding carboxylic acids is 2. The van der Waals surface area contributed by atoms with Gasteiger partial charge in [0.05, 0.1) is 27.7 Å². The second-order valence-electron chi connectivity index (χ2n) is 12.3. The Morgan fingerprint density at radius 3 is 2.36 bits per heavy atom. The van der Waals surface area contributed by atoms with Gasteiger partial charge in [-0.15, -0.1) is 0 Å². The molecule has 6 rings (SSSR count). The van der Waals surface area contributed by atoms with E-state index in [1.54, 1.807) is 29.3 Å².